The molecule has 0 spiro atoms. The van der Waals surface area contributed by atoms with Gasteiger partial charge < -0.3 is 11.6 Å². The largest absolute Gasteiger partial charge is 1.00 e. The molecular formula is C5H7NaO4. The van der Waals surface area contributed by atoms with Crippen LogP contribution in [0.15, 0.2) is 11.6 Å². The molecule has 0 heterocycles. The second-order valence-corrected chi connectivity index (χ2v) is 1.47. The molecule has 10 heavy (non-hydrogen) atoms. The van der Waals surface area contributed by atoms with E-state index in [1.807, 2.05) is 0 Å². The first-order valence-electron chi connectivity index (χ1n) is 2.18. The zero-order chi connectivity index (χ0) is 7.44. The number of hydrogen-bond donors (Lipinski definition) is 2. The van der Waals surface area contributed by atoms with Gasteiger partial charge in [-0.2, -0.15) is 0 Å². The van der Waals surface area contributed by atoms with Crippen LogP contribution in [0.1, 0.15) is 8.35 Å². The van der Waals surface area contributed by atoms with Crippen molar-refractivity contribution < 1.29 is 50.8 Å². The molecule has 0 aliphatic carbocycles. The molecule has 0 aromatic rings. The Kier molecular flexibility index (Phi) is 6.76. The van der Waals surface area contributed by atoms with Gasteiger partial charge in [0.1, 0.15) is 0 Å². The molecule has 0 aromatic heterocycles. The maximum Gasteiger partial charge on any atom is 1.00 e. The van der Waals surface area contributed by atoms with E-state index in [4.69, 9.17) is 10.2 Å². The molecule has 0 radical (unpaired) electrons. The number of rotatable bonds is 2. The van der Waals surface area contributed by atoms with Gasteiger partial charge in [0.15, 0.2) is 0 Å². The van der Waals surface area contributed by atoms with Crippen LogP contribution in [-0.4, -0.2) is 22.2 Å². The Balaban J connectivity index is -0.000000320. The second kappa shape index (κ2) is 5.46. The van der Waals surface area contributed by atoms with Gasteiger partial charge >= 0.3 is 41.5 Å². The number of hydrogen-bond acceptors (Lipinski definition) is 2. The fourth-order valence-electron chi connectivity index (χ4n) is 0.247. The molecule has 0 aliphatic heterocycles. The molecule has 4 nitrogen and oxygen atoms in total. The van der Waals surface area contributed by atoms with Crippen molar-refractivity contribution in [3.05, 3.63) is 11.6 Å². The predicted octanol–water partition coefficient (Wildman–Crippen LogP) is -2.78. The van der Waals surface area contributed by atoms with E-state index in [9.17, 15) is 9.59 Å². The fraction of sp³-hybridized carbons (Fsp3) is 0.200. The van der Waals surface area contributed by atoms with Gasteiger partial charge in [-0.15, -0.1) is 0 Å². The SMILES string of the molecule is C/C(=C\C(=O)O)C(=O)O.[H-].[Na+]. The van der Waals surface area contributed by atoms with E-state index in [0.29, 0.717) is 6.08 Å². The molecular weight excluding hydrogens is 147 g/mol. The number of carboxylic acid groups (broad SMARTS) is 2. The van der Waals surface area contributed by atoms with Crippen molar-refractivity contribution in [1.29, 1.82) is 0 Å². The third-order valence-electron chi connectivity index (χ3n) is 0.677. The summed E-state index contributed by atoms with van der Waals surface area (Å²) < 4.78 is 0. The molecule has 2 N–H and O–H groups in total. The van der Waals surface area contributed by atoms with Gasteiger partial charge in [-0.1, -0.05) is 0 Å². The average molecular weight is 154 g/mol. The van der Waals surface area contributed by atoms with Gasteiger partial charge in [0.25, 0.3) is 0 Å². The molecule has 0 rings (SSSR count). The smallest absolute Gasteiger partial charge is 1.00 e. The third kappa shape index (κ3) is 5.81. The van der Waals surface area contributed by atoms with Crippen LogP contribution >= 0.6 is 0 Å². The van der Waals surface area contributed by atoms with Crippen LogP contribution in [-0.2, 0) is 9.59 Å². The average Bonchev–Trinajstić information content (AvgIpc) is 1.63. The summed E-state index contributed by atoms with van der Waals surface area (Å²) in [6.07, 6.45) is 0.641. The third-order valence-corrected chi connectivity index (χ3v) is 0.677. The van der Waals surface area contributed by atoms with Crippen molar-refractivity contribution >= 4 is 11.9 Å². The molecule has 0 aliphatic rings. The Morgan fingerprint density at radius 2 is 1.80 bits per heavy atom. The molecule has 0 saturated carbocycles. The maximum absolute atomic E-state index is 9.90. The Labute approximate surface area is 81.3 Å². The number of carbonyl (C=O) groups is 2. The van der Waals surface area contributed by atoms with E-state index in [1.54, 1.807) is 0 Å². The topological polar surface area (TPSA) is 74.6 Å². The number of carboxylic acids is 2. The van der Waals surface area contributed by atoms with Crippen LogP contribution < -0.4 is 29.6 Å². The molecule has 0 amide bonds. The first-order valence-corrected chi connectivity index (χ1v) is 2.18. The molecule has 0 aromatic carbocycles. The van der Waals surface area contributed by atoms with Crippen LogP contribution in [0.25, 0.3) is 0 Å². The van der Waals surface area contributed by atoms with Gasteiger partial charge in [0, 0.05) is 11.6 Å². The Hall–Kier alpha value is -0.320. The van der Waals surface area contributed by atoms with Crippen LogP contribution in [0.5, 0.6) is 0 Å². The van der Waals surface area contributed by atoms with Gasteiger partial charge in [0.2, 0.25) is 0 Å². The molecule has 0 saturated heterocycles. The fourth-order valence-corrected chi connectivity index (χ4v) is 0.247. The minimum Gasteiger partial charge on any atom is -1.00 e. The zero-order valence-corrected chi connectivity index (χ0v) is 7.79. The Morgan fingerprint density at radius 1 is 1.40 bits per heavy atom. The Bertz CT molecular complexity index is 177. The van der Waals surface area contributed by atoms with E-state index < -0.39 is 11.9 Å². The van der Waals surface area contributed by atoms with E-state index in [2.05, 4.69) is 0 Å². The van der Waals surface area contributed by atoms with Crippen molar-refractivity contribution in [3.63, 3.8) is 0 Å². The van der Waals surface area contributed by atoms with E-state index >= 15 is 0 Å². The molecule has 5 heteroatoms. The second-order valence-electron chi connectivity index (χ2n) is 1.47. The predicted molar refractivity (Wildman–Crippen MR) is 30.1 cm³/mol. The van der Waals surface area contributed by atoms with Crippen molar-refractivity contribution in [2.24, 2.45) is 0 Å². The zero-order valence-electron chi connectivity index (χ0n) is 6.79. The standard InChI is InChI=1S/C5H6O4.Na.H/c1-3(5(8)9)2-4(6)7;;/h2H,1H3,(H,6,7)(H,8,9);;/q;+1;-1/b3-2+;;. The van der Waals surface area contributed by atoms with Crippen LogP contribution in [0.2, 0.25) is 0 Å². The van der Waals surface area contributed by atoms with Crippen LogP contribution in [0.3, 0.4) is 0 Å². The summed E-state index contributed by atoms with van der Waals surface area (Å²) >= 11 is 0. The molecule has 0 bridgehead atoms. The van der Waals surface area contributed by atoms with E-state index in [1.165, 1.54) is 6.92 Å². The summed E-state index contributed by atoms with van der Waals surface area (Å²) in [5, 5.41) is 16.1. The first kappa shape index (κ1) is 12.4. The van der Waals surface area contributed by atoms with Gasteiger partial charge in [0.05, 0.1) is 0 Å². The molecule has 0 unspecified atom stereocenters. The quantitative estimate of drug-likeness (QED) is 0.333. The monoisotopic (exact) mass is 154 g/mol. The van der Waals surface area contributed by atoms with Gasteiger partial charge in [-0.3, -0.25) is 0 Å². The van der Waals surface area contributed by atoms with Gasteiger partial charge in [-0.05, 0) is 6.92 Å². The maximum atomic E-state index is 9.90. The van der Waals surface area contributed by atoms with Crippen LogP contribution in [0.4, 0.5) is 0 Å². The van der Waals surface area contributed by atoms with E-state index in [-0.39, 0.29) is 36.6 Å². The van der Waals surface area contributed by atoms with Gasteiger partial charge in [-0.25, -0.2) is 9.59 Å². The molecule has 52 valence electrons. The van der Waals surface area contributed by atoms with Crippen molar-refractivity contribution in [3.8, 4) is 0 Å². The molecule has 0 fully saturated rings. The van der Waals surface area contributed by atoms with E-state index in [0.717, 1.165) is 0 Å². The van der Waals surface area contributed by atoms with Crippen LogP contribution in [0, 0.1) is 0 Å². The summed E-state index contributed by atoms with van der Waals surface area (Å²) in [6.45, 7) is 1.22. The Morgan fingerprint density at radius 3 is 1.90 bits per heavy atom. The summed E-state index contributed by atoms with van der Waals surface area (Å²) in [6, 6.07) is 0. The summed E-state index contributed by atoms with van der Waals surface area (Å²) in [7, 11) is 0. The van der Waals surface area contributed by atoms with Crippen molar-refractivity contribution in [2.75, 3.05) is 0 Å². The molecule has 0 atom stereocenters. The summed E-state index contributed by atoms with van der Waals surface area (Å²) in [5.74, 6) is -2.45. The normalized spacial score (nSPS) is 9.90. The minimum atomic E-state index is -1.24. The summed E-state index contributed by atoms with van der Waals surface area (Å²) in [5.41, 5.74) is -0.178. The van der Waals surface area contributed by atoms with Crippen molar-refractivity contribution in [1.82, 2.24) is 0 Å². The summed E-state index contributed by atoms with van der Waals surface area (Å²) in [4.78, 5) is 19.7. The number of aliphatic carboxylic acids is 2. The van der Waals surface area contributed by atoms with Crippen molar-refractivity contribution in [2.45, 2.75) is 6.92 Å². The minimum absolute atomic E-state index is 0. The first-order chi connectivity index (χ1) is 4.04.